The molecule has 0 spiro atoms. The summed E-state index contributed by atoms with van der Waals surface area (Å²) >= 11 is 1.12. The monoisotopic (exact) mass is 414 g/mol. The van der Waals surface area contributed by atoms with Crippen molar-refractivity contribution in [1.82, 2.24) is 4.98 Å². The number of aromatic nitrogens is 1. The first-order valence-electron chi connectivity index (χ1n) is 8.85. The largest absolute Gasteiger partial charge is 0.493 e. The van der Waals surface area contributed by atoms with Crippen molar-refractivity contribution >= 4 is 23.5 Å². The van der Waals surface area contributed by atoms with Gasteiger partial charge in [-0.25, -0.2) is 4.98 Å². The van der Waals surface area contributed by atoms with Crippen LogP contribution in [0.2, 0.25) is 0 Å². The fraction of sp³-hybridized carbons (Fsp3) is 0.333. The fourth-order valence-corrected chi connectivity index (χ4v) is 3.29. The predicted molar refractivity (Wildman–Crippen MR) is 109 cm³/mol. The van der Waals surface area contributed by atoms with Crippen molar-refractivity contribution in [2.45, 2.75) is 31.4 Å². The van der Waals surface area contributed by atoms with E-state index in [4.69, 9.17) is 14.2 Å². The zero-order valence-corrected chi connectivity index (χ0v) is 17.5. The van der Waals surface area contributed by atoms with Crippen LogP contribution in [0.5, 0.6) is 11.5 Å². The number of esters is 1. The molecule has 152 valence electrons. The summed E-state index contributed by atoms with van der Waals surface area (Å²) in [4.78, 5) is 28.2. The van der Waals surface area contributed by atoms with Gasteiger partial charge in [-0.2, -0.15) is 5.26 Å². The maximum atomic E-state index is 12.1. The normalized spacial score (nSPS) is 10.3. The molecule has 1 aromatic carbocycles. The van der Waals surface area contributed by atoms with Gasteiger partial charge in [0, 0.05) is 5.56 Å². The van der Waals surface area contributed by atoms with Crippen molar-refractivity contribution in [3.63, 3.8) is 0 Å². The molecule has 0 aliphatic heterocycles. The number of hydrogen-bond donors (Lipinski definition) is 0. The Balaban J connectivity index is 2.18. The van der Waals surface area contributed by atoms with Gasteiger partial charge in [-0.3, -0.25) is 9.59 Å². The summed E-state index contributed by atoms with van der Waals surface area (Å²) in [5, 5.41) is 9.76. The Morgan fingerprint density at radius 1 is 1.14 bits per heavy atom. The number of benzene rings is 1. The van der Waals surface area contributed by atoms with Crippen LogP contribution < -0.4 is 9.47 Å². The summed E-state index contributed by atoms with van der Waals surface area (Å²) < 4.78 is 15.5. The molecule has 0 atom stereocenters. The molecule has 0 amide bonds. The summed E-state index contributed by atoms with van der Waals surface area (Å²) in [5.74, 6) is 0.327. The molecule has 2 aromatic rings. The number of ketones is 1. The van der Waals surface area contributed by atoms with Crippen LogP contribution in [0.25, 0.3) is 11.3 Å². The molecule has 0 saturated heterocycles. The quantitative estimate of drug-likeness (QED) is 0.348. The van der Waals surface area contributed by atoms with Gasteiger partial charge in [-0.15, -0.1) is 0 Å². The Morgan fingerprint density at radius 3 is 2.48 bits per heavy atom. The molecule has 29 heavy (non-hydrogen) atoms. The number of rotatable bonds is 9. The van der Waals surface area contributed by atoms with Gasteiger partial charge in [-0.1, -0.05) is 11.8 Å². The molecule has 0 aliphatic rings. The molecule has 7 nitrogen and oxygen atoms in total. The number of thioether (sulfide) groups is 1. The van der Waals surface area contributed by atoms with Gasteiger partial charge in [0.2, 0.25) is 0 Å². The van der Waals surface area contributed by atoms with Crippen molar-refractivity contribution in [3.05, 3.63) is 35.9 Å². The van der Waals surface area contributed by atoms with E-state index >= 15 is 0 Å². The third-order valence-electron chi connectivity index (χ3n) is 3.74. The maximum Gasteiger partial charge on any atom is 0.313 e. The molecular weight excluding hydrogens is 392 g/mol. The first-order valence-corrected chi connectivity index (χ1v) is 9.84. The van der Waals surface area contributed by atoms with Crippen molar-refractivity contribution < 1.29 is 23.8 Å². The van der Waals surface area contributed by atoms with Gasteiger partial charge >= 0.3 is 5.97 Å². The minimum atomic E-state index is -0.557. The van der Waals surface area contributed by atoms with Crippen molar-refractivity contribution in [2.75, 3.05) is 20.0 Å². The molecule has 8 heteroatoms. The standard InChI is InChI=1S/C21H22N2O5S/c1-13(2)28-20(25)10-16(24)12-29-21-15(11-22)5-7-17(23-21)14-6-8-18(26-3)19(9-14)27-4/h5-9,13H,10,12H2,1-4H3. The maximum absolute atomic E-state index is 12.1. The highest BCUT2D eigenvalue weighted by Gasteiger charge is 2.15. The average Bonchev–Trinajstić information content (AvgIpc) is 2.70. The highest BCUT2D eigenvalue weighted by molar-refractivity contribution is 8.00. The van der Waals surface area contributed by atoms with E-state index in [1.54, 1.807) is 52.3 Å². The lowest BCUT2D eigenvalue weighted by molar-refractivity contribution is -0.149. The van der Waals surface area contributed by atoms with Crippen LogP contribution in [0.3, 0.4) is 0 Å². The Hall–Kier alpha value is -3.05. The lowest BCUT2D eigenvalue weighted by Crippen LogP contribution is -2.16. The van der Waals surface area contributed by atoms with Crippen molar-refractivity contribution in [2.24, 2.45) is 0 Å². The molecule has 1 aromatic heterocycles. The molecule has 0 bridgehead atoms. The smallest absolute Gasteiger partial charge is 0.313 e. The lowest BCUT2D eigenvalue weighted by Gasteiger charge is -2.11. The number of ether oxygens (including phenoxy) is 3. The lowest BCUT2D eigenvalue weighted by atomic mass is 10.1. The number of carbonyl (C=O) groups excluding carboxylic acids is 2. The molecule has 0 unspecified atom stereocenters. The Labute approximate surface area is 174 Å². The van der Waals surface area contributed by atoms with Gasteiger partial charge in [0.25, 0.3) is 0 Å². The molecule has 0 fully saturated rings. The Bertz CT molecular complexity index is 937. The molecule has 1 heterocycles. The number of pyridine rings is 1. The molecule has 2 rings (SSSR count). The summed E-state index contributed by atoms with van der Waals surface area (Å²) in [6, 6.07) is 10.8. The highest BCUT2D eigenvalue weighted by atomic mass is 32.2. The zero-order chi connectivity index (χ0) is 21.4. The summed E-state index contributed by atoms with van der Waals surface area (Å²) in [6.45, 7) is 3.44. The van der Waals surface area contributed by atoms with Crippen LogP contribution in [0, 0.1) is 11.3 Å². The third kappa shape index (κ3) is 6.22. The van der Waals surface area contributed by atoms with E-state index in [0.717, 1.165) is 17.3 Å². The summed E-state index contributed by atoms with van der Waals surface area (Å²) in [6.07, 6.45) is -0.574. The van der Waals surface area contributed by atoms with Crippen LogP contribution in [0.4, 0.5) is 0 Å². The highest BCUT2D eigenvalue weighted by Crippen LogP contribution is 2.33. The van der Waals surface area contributed by atoms with E-state index in [1.807, 2.05) is 6.07 Å². The number of Topliss-reactive ketones (excluding diaryl/α,β-unsaturated/α-hetero) is 1. The Kier molecular flexibility index (Phi) is 8.04. The molecule has 0 N–H and O–H groups in total. The molecular formula is C21H22N2O5S. The second kappa shape index (κ2) is 10.5. The topological polar surface area (TPSA) is 98.5 Å². The van der Waals surface area contributed by atoms with Crippen LogP contribution >= 0.6 is 11.8 Å². The van der Waals surface area contributed by atoms with Crippen LogP contribution in [0.15, 0.2) is 35.4 Å². The first kappa shape index (κ1) is 22.2. The number of nitriles is 1. The third-order valence-corrected chi connectivity index (χ3v) is 4.79. The van der Waals surface area contributed by atoms with Crippen molar-refractivity contribution in [3.8, 4) is 28.8 Å². The van der Waals surface area contributed by atoms with Crippen molar-refractivity contribution in [1.29, 1.82) is 5.26 Å². The molecule has 0 saturated carbocycles. The second-order valence-corrected chi connectivity index (χ2v) is 7.24. The van der Waals surface area contributed by atoms with E-state index in [0.29, 0.717) is 27.8 Å². The van der Waals surface area contributed by atoms with E-state index in [-0.39, 0.29) is 24.1 Å². The Morgan fingerprint density at radius 2 is 1.86 bits per heavy atom. The van der Waals surface area contributed by atoms with Gasteiger partial charge < -0.3 is 14.2 Å². The summed E-state index contributed by atoms with van der Waals surface area (Å²) in [7, 11) is 3.10. The second-order valence-electron chi connectivity index (χ2n) is 6.27. The zero-order valence-electron chi connectivity index (χ0n) is 16.7. The number of nitrogens with zero attached hydrogens (tertiary/aromatic N) is 2. The van der Waals surface area contributed by atoms with Gasteiger partial charge in [0.05, 0.1) is 37.3 Å². The van der Waals surface area contributed by atoms with Crippen LogP contribution in [0.1, 0.15) is 25.8 Å². The van der Waals surface area contributed by atoms with E-state index in [1.165, 1.54) is 0 Å². The fourth-order valence-electron chi connectivity index (χ4n) is 2.46. The van der Waals surface area contributed by atoms with Gasteiger partial charge in [0.15, 0.2) is 17.3 Å². The molecule has 0 aliphatic carbocycles. The SMILES string of the molecule is COc1ccc(-c2ccc(C#N)c(SCC(=O)CC(=O)OC(C)C)n2)cc1OC. The van der Waals surface area contributed by atoms with Gasteiger partial charge in [0.1, 0.15) is 17.5 Å². The van der Waals surface area contributed by atoms with Crippen LogP contribution in [-0.4, -0.2) is 42.8 Å². The number of hydrogen-bond acceptors (Lipinski definition) is 8. The number of methoxy groups -OCH3 is 2. The predicted octanol–water partition coefficient (Wildman–Crippen LogP) is 3.64. The van der Waals surface area contributed by atoms with Crippen LogP contribution in [-0.2, 0) is 14.3 Å². The van der Waals surface area contributed by atoms with E-state index in [2.05, 4.69) is 11.1 Å². The summed E-state index contributed by atoms with van der Waals surface area (Å²) in [5.41, 5.74) is 1.76. The minimum absolute atomic E-state index is 0.0181. The minimum Gasteiger partial charge on any atom is -0.493 e. The van der Waals surface area contributed by atoms with E-state index in [9.17, 15) is 14.9 Å². The molecule has 0 radical (unpaired) electrons. The van der Waals surface area contributed by atoms with E-state index < -0.39 is 5.97 Å². The van der Waals surface area contributed by atoms with Gasteiger partial charge in [-0.05, 0) is 44.2 Å². The number of carbonyl (C=O) groups is 2. The average molecular weight is 414 g/mol. The first-order chi connectivity index (χ1) is 13.9.